The Kier molecular flexibility index (Phi) is 8.97. The van der Waals surface area contributed by atoms with Crippen molar-refractivity contribution < 1.29 is 93.9 Å². The van der Waals surface area contributed by atoms with E-state index in [1.807, 2.05) is 0 Å². The van der Waals surface area contributed by atoms with Crippen LogP contribution >= 0.6 is 0 Å². The number of alkyl halides is 16. The highest BCUT2D eigenvalue weighted by molar-refractivity contribution is 5.27. The Labute approximate surface area is 205 Å². The van der Waals surface area contributed by atoms with Gasteiger partial charge in [-0.05, 0) is 17.7 Å². The maximum absolute atomic E-state index is 14.0. The van der Waals surface area contributed by atoms with Gasteiger partial charge in [-0.2, -0.15) is 65.9 Å². The van der Waals surface area contributed by atoms with E-state index < -0.39 is 54.6 Å². The van der Waals surface area contributed by atoms with E-state index in [4.69, 9.17) is 9.47 Å². The van der Waals surface area contributed by atoms with Crippen LogP contribution in [0.1, 0.15) is 5.56 Å². The second kappa shape index (κ2) is 10.6. The Bertz CT molecular complexity index is 960. The van der Waals surface area contributed by atoms with Crippen molar-refractivity contribution in [1.82, 2.24) is 0 Å². The summed E-state index contributed by atoms with van der Waals surface area (Å²) in [6.45, 7) is 0.475. The molecule has 3 unspecified atom stereocenters. The molecule has 0 radical (unpaired) electrons. The van der Waals surface area contributed by atoms with Crippen LogP contribution < -0.4 is 4.74 Å². The number of ether oxygens (including phenoxy) is 5. The van der Waals surface area contributed by atoms with Crippen LogP contribution in [0, 0.1) is 0 Å². The Morgan fingerprint density at radius 1 is 0.769 bits per heavy atom. The van der Waals surface area contributed by atoms with Crippen molar-refractivity contribution in [2.45, 2.75) is 61.5 Å². The van der Waals surface area contributed by atoms with E-state index in [-0.39, 0.29) is 24.9 Å². The number of halogens is 16. The van der Waals surface area contributed by atoms with E-state index in [1.54, 1.807) is 0 Å². The molecule has 0 bridgehead atoms. The fourth-order valence-corrected chi connectivity index (χ4v) is 2.29. The molecule has 0 spiro atoms. The normalized spacial score (nSPS) is 19.9. The number of hydrogen-bond donors (Lipinski definition) is 0. The molecule has 39 heavy (non-hydrogen) atoms. The van der Waals surface area contributed by atoms with E-state index >= 15 is 0 Å². The highest BCUT2D eigenvalue weighted by Crippen LogP contribution is 2.55. The topological polar surface area (TPSA) is 49.5 Å². The van der Waals surface area contributed by atoms with E-state index in [0.29, 0.717) is 18.7 Å². The first-order valence-electron chi connectivity index (χ1n) is 9.69. The molecule has 1 aromatic carbocycles. The molecule has 0 aromatic heterocycles. The summed E-state index contributed by atoms with van der Waals surface area (Å²) < 4.78 is 227. The summed E-state index contributed by atoms with van der Waals surface area (Å²) in [7, 11) is 0. The maximum Gasteiger partial charge on any atom is 0.462 e. The van der Waals surface area contributed by atoms with E-state index in [9.17, 15) is 70.2 Å². The molecular formula is C18H12F16O5. The maximum atomic E-state index is 14.0. The summed E-state index contributed by atoms with van der Waals surface area (Å²) >= 11 is 0. The first-order valence-corrected chi connectivity index (χ1v) is 9.69. The standard InChI is InChI=1S/C18H12F16O5/c19-11(12(20,21)37-9-3-1-8(2-4-9)5-35-6-10-7-36-10)38-18(33,34)14(24,16(28,29)30)39-17(31,32)13(22,23)15(25,26)27/h1-4,10-11H,5-7H2. The molecule has 0 amide bonds. The van der Waals surface area contributed by atoms with Crippen LogP contribution in [0.4, 0.5) is 70.2 Å². The smallest absolute Gasteiger partial charge is 0.429 e. The molecule has 1 saturated heterocycles. The summed E-state index contributed by atoms with van der Waals surface area (Å²) in [6, 6.07) is 3.25. The van der Waals surface area contributed by atoms with Gasteiger partial charge < -0.3 is 14.2 Å². The van der Waals surface area contributed by atoms with Crippen LogP contribution in [0.15, 0.2) is 24.3 Å². The van der Waals surface area contributed by atoms with Crippen molar-refractivity contribution in [3.05, 3.63) is 29.8 Å². The molecule has 0 aliphatic carbocycles. The first-order chi connectivity index (χ1) is 17.4. The number of hydrogen-bond acceptors (Lipinski definition) is 5. The molecule has 1 heterocycles. The largest absolute Gasteiger partial charge is 0.462 e. The average Bonchev–Trinajstić information content (AvgIpc) is 3.56. The molecule has 5 nitrogen and oxygen atoms in total. The van der Waals surface area contributed by atoms with E-state index in [0.717, 1.165) is 12.1 Å². The van der Waals surface area contributed by atoms with Gasteiger partial charge in [0.05, 0.1) is 19.8 Å². The Morgan fingerprint density at radius 2 is 1.28 bits per heavy atom. The zero-order valence-electron chi connectivity index (χ0n) is 18.2. The predicted octanol–water partition coefficient (Wildman–Crippen LogP) is 6.51. The minimum atomic E-state index is -7.76. The summed E-state index contributed by atoms with van der Waals surface area (Å²) in [5, 5.41) is 0. The number of rotatable bonds is 13. The van der Waals surface area contributed by atoms with Crippen LogP contribution in [-0.2, 0) is 25.6 Å². The van der Waals surface area contributed by atoms with Gasteiger partial charge >= 0.3 is 48.8 Å². The van der Waals surface area contributed by atoms with E-state index in [2.05, 4.69) is 9.47 Å². The summed E-state index contributed by atoms with van der Waals surface area (Å²) in [4.78, 5) is 0. The zero-order valence-corrected chi connectivity index (χ0v) is 18.2. The number of epoxide rings is 1. The molecule has 1 aliphatic heterocycles. The highest BCUT2D eigenvalue weighted by Gasteiger charge is 2.84. The van der Waals surface area contributed by atoms with Gasteiger partial charge in [-0.25, -0.2) is 4.39 Å². The minimum Gasteiger partial charge on any atom is -0.429 e. The molecule has 0 saturated carbocycles. The lowest BCUT2D eigenvalue weighted by Gasteiger charge is -2.38. The van der Waals surface area contributed by atoms with Crippen molar-refractivity contribution in [1.29, 1.82) is 0 Å². The monoisotopic (exact) mass is 612 g/mol. The van der Waals surface area contributed by atoms with Crippen molar-refractivity contribution in [2.24, 2.45) is 0 Å². The zero-order chi connectivity index (χ0) is 30.3. The lowest BCUT2D eigenvalue weighted by Crippen LogP contribution is -2.66. The van der Waals surface area contributed by atoms with Gasteiger partial charge in [0.1, 0.15) is 11.9 Å². The summed E-state index contributed by atoms with van der Waals surface area (Å²) in [5.41, 5.74) is 0.270. The predicted molar refractivity (Wildman–Crippen MR) is 89.3 cm³/mol. The lowest BCUT2D eigenvalue weighted by atomic mass is 10.2. The van der Waals surface area contributed by atoms with Crippen LogP contribution in [0.2, 0.25) is 0 Å². The van der Waals surface area contributed by atoms with Gasteiger partial charge in [-0.1, -0.05) is 12.1 Å². The average molecular weight is 612 g/mol. The molecule has 226 valence electrons. The fraction of sp³-hybridized carbons (Fsp3) is 0.667. The second-order valence-electron chi connectivity index (χ2n) is 7.51. The van der Waals surface area contributed by atoms with Crippen LogP contribution in [0.5, 0.6) is 5.75 Å². The Balaban J connectivity index is 2.20. The SMILES string of the molecule is FC(OC(F)(F)C(F)(OC(F)(F)C(F)(F)C(F)(F)F)C(F)(F)F)C(F)(F)Oc1ccc(COCC2CO2)cc1. The van der Waals surface area contributed by atoms with Gasteiger partial charge in [-0.3, -0.25) is 9.47 Å². The summed E-state index contributed by atoms with van der Waals surface area (Å²) in [6.07, 6.45) is -41.5. The molecule has 1 fully saturated rings. The van der Waals surface area contributed by atoms with Crippen LogP contribution in [0.25, 0.3) is 0 Å². The highest BCUT2D eigenvalue weighted by atomic mass is 19.4. The quantitative estimate of drug-likeness (QED) is 0.188. The Morgan fingerprint density at radius 3 is 1.72 bits per heavy atom. The van der Waals surface area contributed by atoms with Gasteiger partial charge in [0.25, 0.3) is 0 Å². The molecular weight excluding hydrogens is 600 g/mol. The molecule has 21 heteroatoms. The molecule has 2 rings (SSSR count). The van der Waals surface area contributed by atoms with Crippen molar-refractivity contribution in [3.8, 4) is 5.75 Å². The molecule has 3 atom stereocenters. The third-order valence-corrected chi connectivity index (χ3v) is 4.40. The van der Waals surface area contributed by atoms with Gasteiger partial charge in [0.2, 0.25) is 0 Å². The van der Waals surface area contributed by atoms with Crippen molar-refractivity contribution >= 4 is 0 Å². The van der Waals surface area contributed by atoms with Crippen LogP contribution in [0.3, 0.4) is 0 Å². The third kappa shape index (κ3) is 7.28. The lowest BCUT2D eigenvalue weighted by molar-refractivity contribution is -0.543. The van der Waals surface area contributed by atoms with E-state index in [1.165, 1.54) is 4.74 Å². The van der Waals surface area contributed by atoms with Crippen molar-refractivity contribution in [3.63, 3.8) is 0 Å². The van der Waals surface area contributed by atoms with Crippen LogP contribution in [-0.4, -0.2) is 68.1 Å². The Hall–Kier alpha value is -2.26. The molecule has 1 aromatic rings. The minimum absolute atomic E-state index is 0.119. The third-order valence-electron chi connectivity index (χ3n) is 4.40. The number of benzene rings is 1. The molecule has 0 N–H and O–H groups in total. The van der Waals surface area contributed by atoms with Crippen molar-refractivity contribution in [2.75, 3.05) is 13.2 Å². The van der Waals surface area contributed by atoms with Gasteiger partial charge in [-0.15, -0.1) is 0 Å². The molecule has 1 aliphatic rings. The second-order valence-corrected chi connectivity index (χ2v) is 7.51. The first kappa shape index (κ1) is 32.9. The fourth-order valence-electron chi connectivity index (χ4n) is 2.29. The van der Waals surface area contributed by atoms with Gasteiger partial charge in [0, 0.05) is 0 Å². The summed E-state index contributed by atoms with van der Waals surface area (Å²) in [5.74, 6) is -16.6. The van der Waals surface area contributed by atoms with Gasteiger partial charge in [0.15, 0.2) is 0 Å².